The van der Waals surface area contributed by atoms with E-state index in [1.54, 1.807) is 43.3 Å². The minimum Gasteiger partial charge on any atom is -0.493 e. The molecular weight excluding hydrogens is 444 g/mol. The summed E-state index contributed by atoms with van der Waals surface area (Å²) < 4.78 is 12.3. The number of hydrogen-bond acceptors (Lipinski definition) is 4. The highest BCUT2D eigenvalue weighted by Crippen LogP contribution is 2.28. The fourth-order valence-corrected chi connectivity index (χ4v) is 3.35. The summed E-state index contributed by atoms with van der Waals surface area (Å²) in [5.74, 6) is 1.10. The molecule has 0 aliphatic carbocycles. The summed E-state index contributed by atoms with van der Waals surface area (Å²) in [5, 5.41) is 2.33. The quantitative estimate of drug-likeness (QED) is 0.306. The normalized spacial score (nSPS) is 10.3. The van der Waals surface area contributed by atoms with Crippen LogP contribution in [-0.2, 0) is 6.54 Å². The minimum absolute atomic E-state index is 0. The van der Waals surface area contributed by atoms with Gasteiger partial charge in [-0.1, -0.05) is 36.4 Å². The van der Waals surface area contributed by atoms with Crippen LogP contribution in [0.15, 0.2) is 79.3 Å². The van der Waals surface area contributed by atoms with E-state index in [4.69, 9.17) is 9.47 Å². The molecule has 3 aromatic carbocycles. The lowest BCUT2D eigenvalue weighted by atomic mass is 10.0. The van der Waals surface area contributed by atoms with Crippen LogP contribution in [0.4, 0.5) is 0 Å². The number of aromatic nitrogens is 2. The number of Topliss-reactive ketones (excluding diaryl/α,β-unsaturated/α-hetero) is 1. The van der Waals surface area contributed by atoms with Gasteiger partial charge in [0.1, 0.15) is 0 Å². The van der Waals surface area contributed by atoms with Crippen molar-refractivity contribution in [3.63, 3.8) is 0 Å². The van der Waals surface area contributed by atoms with Crippen LogP contribution >= 0.6 is 17.0 Å². The number of ketones is 1. The van der Waals surface area contributed by atoms with Gasteiger partial charge in [0.15, 0.2) is 23.7 Å². The van der Waals surface area contributed by atoms with Gasteiger partial charge in [0.05, 0.1) is 20.4 Å². The van der Waals surface area contributed by atoms with Crippen molar-refractivity contribution in [2.45, 2.75) is 6.54 Å². The molecule has 0 bridgehead atoms. The molecule has 30 heavy (non-hydrogen) atoms. The van der Waals surface area contributed by atoms with E-state index in [0.717, 1.165) is 16.6 Å². The van der Waals surface area contributed by atoms with Crippen molar-refractivity contribution < 1.29 is 18.8 Å². The fraction of sp³-hybridized carbons (Fsp3) is 0.125. The topological polar surface area (TPSA) is 52.3 Å². The fourth-order valence-electron chi connectivity index (χ4n) is 3.35. The van der Waals surface area contributed by atoms with Gasteiger partial charge in [-0.25, -0.2) is 4.57 Å². The zero-order valence-electron chi connectivity index (χ0n) is 16.7. The minimum atomic E-state index is -0.0318. The highest BCUT2D eigenvalue weighted by molar-refractivity contribution is 8.93. The summed E-state index contributed by atoms with van der Waals surface area (Å²) in [6.45, 7) is 0.193. The first-order valence-corrected chi connectivity index (χ1v) is 9.28. The Morgan fingerprint density at radius 2 is 1.70 bits per heavy atom. The molecule has 5 nitrogen and oxygen atoms in total. The maximum atomic E-state index is 12.7. The lowest BCUT2D eigenvalue weighted by molar-refractivity contribution is -0.686. The maximum Gasteiger partial charge on any atom is 0.287 e. The van der Waals surface area contributed by atoms with E-state index >= 15 is 0 Å². The summed E-state index contributed by atoms with van der Waals surface area (Å²) in [6.07, 6.45) is 3.57. The Hall–Kier alpha value is -3.25. The predicted octanol–water partition coefficient (Wildman–Crippen LogP) is 4.67. The molecule has 0 aliphatic rings. The lowest BCUT2D eigenvalue weighted by Gasteiger charge is -2.08. The number of hydrogen-bond donors (Lipinski definition) is 0. The second-order valence-electron chi connectivity index (χ2n) is 6.64. The van der Waals surface area contributed by atoms with E-state index < -0.39 is 0 Å². The van der Waals surface area contributed by atoms with E-state index in [-0.39, 0.29) is 29.3 Å². The lowest BCUT2D eigenvalue weighted by Crippen LogP contribution is -2.37. The van der Waals surface area contributed by atoms with Gasteiger partial charge >= 0.3 is 0 Å². The van der Waals surface area contributed by atoms with E-state index in [9.17, 15) is 4.79 Å². The number of carbonyl (C=O) groups excluding carboxylic acids is 1. The number of methoxy groups -OCH3 is 2. The third-order valence-corrected chi connectivity index (χ3v) is 4.87. The zero-order valence-corrected chi connectivity index (χ0v) is 18.5. The third kappa shape index (κ3) is 4.33. The Bertz CT molecular complexity index is 1170. The van der Waals surface area contributed by atoms with Crippen LogP contribution in [0.25, 0.3) is 22.0 Å². The largest absolute Gasteiger partial charge is 0.493 e. The number of fused-ring (bicyclic) bond motifs is 1. The first-order chi connectivity index (χ1) is 14.2. The van der Waals surface area contributed by atoms with Crippen LogP contribution in [0, 0.1) is 0 Å². The van der Waals surface area contributed by atoms with Crippen LogP contribution in [0.5, 0.6) is 11.5 Å². The molecule has 0 fully saturated rings. The predicted molar refractivity (Wildman–Crippen MR) is 122 cm³/mol. The van der Waals surface area contributed by atoms with Gasteiger partial charge in [0.2, 0.25) is 5.78 Å². The molecule has 0 atom stereocenters. The highest BCUT2D eigenvalue weighted by atomic mass is 79.9. The van der Waals surface area contributed by atoms with Crippen molar-refractivity contribution in [1.82, 2.24) is 4.98 Å². The molecule has 0 unspecified atom stereocenters. The molecule has 152 valence electrons. The van der Waals surface area contributed by atoms with Gasteiger partial charge in [-0.3, -0.25) is 4.79 Å². The molecule has 6 heteroatoms. The summed E-state index contributed by atoms with van der Waals surface area (Å²) in [6, 6.07) is 21.5. The van der Waals surface area contributed by atoms with E-state index in [1.807, 2.05) is 30.5 Å². The second-order valence-corrected chi connectivity index (χ2v) is 6.64. The van der Waals surface area contributed by atoms with Gasteiger partial charge in [0.25, 0.3) is 6.33 Å². The van der Waals surface area contributed by atoms with E-state index in [2.05, 4.69) is 29.2 Å². The van der Waals surface area contributed by atoms with Crippen molar-refractivity contribution in [2.24, 2.45) is 0 Å². The van der Waals surface area contributed by atoms with Gasteiger partial charge in [-0.2, -0.15) is 0 Å². The monoisotopic (exact) mass is 465 g/mol. The number of ether oxygens (including phenoxy) is 2. The van der Waals surface area contributed by atoms with Crippen molar-refractivity contribution >= 4 is 33.5 Å². The molecule has 0 saturated carbocycles. The first kappa shape index (κ1) is 21.5. The smallest absolute Gasteiger partial charge is 0.287 e. The zero-order chi connectivity index (χ0) is 20.2. The standard InChI is InChI=1S/C24H21N2O3.BrH/c1-28-23-11-10-18(14-24(23)29-2)22(27)15-26-13-12-21(25-16-26)20-9-5-7-17-6-3-4-8-19(17)20;/h3-14,16H,15H2,1-2H3;1H/q+1;. The number of halogens is 1. The summed E-state index contributed by atoms with van der Waals surface area (Å²) in [4.78, 5) is 17.2. The van der Waals surface area contributed by atoms with Gasteiger partial charge in [-0.15, -0.1) is 17.0 Å². The highest BCUT2D eigenvalue weighted by Gasteiger charge is 2.15. The molecule has 0 aliphatic heterocycles. The molecule has 0 amide bonds. The number of rotatable bonds is 6. The van der Waals surface area contributed by atoms with Crippen molar-refractivity contribution in [1.29, 1.82) is 0 Å². The summed E-state index contributed by atoms with van der Waals surface area (Å²) >= 11 is 0. The van der Waals surface area contributed by atoms with Gasteiger partial charge in [-0.05, 0) is 40.0 Å². The third-order valence-electron chi connectivity index (χ3n) is 4.87. The number of nitrogens with zero attached hydrogens (tertiary/aromatic N) is 2. The van der Waals surface area contributed by atoms with E-state index in [0.29, 0.717) is 17.1 Å². The summed E-state index contributed by atoms with van der Waals surface area (Å²) in [7, 11) is 3.12. The average Bonchev–Trinajstić information content (AvgIpc) is 2.78. The Labute approximate surface area is 185 Å². The van der Waals surface area contributed by atoms with E-state index in [1.165, 1.54) is 5.39 Å². The molecule has 4 aromatic rings. The molecule has 0 saturated heterocycles. The molecule has 4 rings (SSSR count). The molecule has 1 aromatic heterocycles. The molecule has 0 radical (unpaired) electrons. The Kier molecular flexibility index (Phi) is 6.79. The van der Waals surface area contributed by atoms with Gasteiger partial charge < -0.3 is 9.47 Å². The molecule has 1 heterocycles. The van der Waals surface area contributed by atoms with Crippen LogP contribution in [0.1, 0.15) is 10.4 Å². The van der Waals surface area contributed by atoms with Crippen LogP contribution < -0.4 is 14.0 Å². The Balaban J connectivity index is 0.00000256. The van der Waals surface area contributed by atoms with Crippen LogP contribution in [0.2, 0.25) is 0 Å². The molecule has 0 N–H and O–H groups in total. The second kappa shape index (κ2) is 9.50. The Morgan fingerprint density at radius 3 is 2.43 bits per heavy atom. The number of benzene rings is 3. The Morgan fingerprint density at radius 1 is 0.933 bits per heavy atom. The first-order valence-electron chi connectivity index (χ1n) is 9.28. The average molecular weight is 466 g/mol. The van der Waals surface area contributed by atoms with Crippen molar-refractivity contribution in [2.75, 3.05) is 14.2 Å². The SMILES string of the molecule is Br.COc1ccc(C(=O)C[n+]2ccc(-c3cccc4ccccc34)nc2)cc1OC. The molecule has 0 spiro atoms. The van der Waals surface area contributed by atoms with Crippen LogP contribution in [-0.4, -0.2) is 25.0 Å². The maximum absolute atomic E-state index is 12.7. The van der Waals surface area contributed by atoms with Gasteiger partial charge in [0, 0.05) is 17.2 Å². The number of carbonyl (C=O) groups is 1. The molecular formula is C24H22BrN2O3+. The van der Waals surface area contributed by atoms with Crippen LogP contribution in [0.3, 0.4) is 0 Å². The van der Waals surface area contributed by atoms with Crippen molar-refractivity contribution in [3.05, 3.63) is 84.8 Å². The summed E-state index contributed by atoms with van der Waals surface area (Å²) in [5.41, 5.74) is 2.51. The van der Waals surface area contributed by atoms with Crippen molar-refractivity contribution in [3.8, 4) is 22.8 Å².